The third kappa shape index (κ3) is 2.77. The Hall–Kier alpha value is -1.85. The monoisotopic (exact) mass is 269 g/mol. The van der Waals surface area contributed by atoms with Crippen molar-refractivity contribution in [2.45, 2.75) is 24.7 Å². The molecule has 2 N–H and O–H groups in total. The number of ether oxygens (including phenoxy) is 1. The number of urea groups is 1. The van der Waals surface area contributed by atoms with Crippen molar-refractivity contribution in [3.05, 3.63) is 0 Å². The predicted octanol–water partition coefficient (Wildman–Crippen LogP) is -1.15. The zero-order valence-corrected chi connectivity index (χ0v) is 10.2. The molecule has 8 nitrogen and oxygen atoms in total. The minimum atomic E-state index is -1.13. The minimum Gasteiger partial charge on any atom is -0.480 e. The molecule has 0 aliphatic carbocycles. The van der Waals surface area contributed by atoms with E-state index in [1.165, 1.54) is 4.90 Å². The number of hydrogen-bond donors (Lipinski definition) is 2. The Kier molecular flexibility index (Phi) is 3.87. The lowest BCUT2D eigenvalue weighted by atomic mass is 10.2. The molecule has 2 saturated heterocycles. The summed E-state index contributed by atoms with van der Waals surface area (Å²) < 4.78 is 5.13. The molecule has 0 spiro atoms. The van der Waals surface area contributed by atoms with Crippen LogP contribution in [0.2, 0.25) is 0 Å². The van der Waals surface area contributed by atoms with Crippen LogP contribution in [-0.4, -0.2) is 76.5 Å². The maximum Gasteiger partial charge on any atom is 0.326 e. The SMILES string of the molecule is N#CC1CN(C(=O)N2C[C@@H](O)C[C@H]2C(=O)O)CCO1. The van der Waals surface area contributed by atoms with E-state index in [-0.39, 0.29) is 26.1 Å². The van der Waals surface area contributed by atoms with Crippen LogP contribution in [-0.2, 0) is 9.53 Å². The molecule has 2 rings (SSSR count). The van der Waals surface area contributed by atoms with Gasteiger partial charge in [0.25, 0.3) is 0 Å². The summed E-state index contributed by atoms with van der Waals surface area (Å²) in [7, 11) is 0. The number of aliphatic carboxylic acids is 1. The third-order valence-electron chi connectivity index (χ3n) is 3.29. The number of nitrogens with zero attached hydrogens (tertiary/aromatic N) is 3. The molecule has 0 bridgehead atoms. The molecule has 1 unspecified atom stereocenters. The van der Waals surface area contributed by atoms with Crippen molar-refractivity contribution in [1.29, 1.82) is 5.26 Å². The van der Waals surface area contributed by atoms with Crippen LogP contribution in [0.25, 0.3) is 0 Å². The summed E-state index contributed by atoms with van der Waals surface area (Å²) in [6.07, 6.45) is -1.47. The second-order valence-electron chi connectivity index (χ2n) is 4.61. The van der Waals surface area contributed by atoms with E-state index in [4.69, 9.17) is 15.1 Å². The van der Waals surface area contributed by atoms with Gasteiger partial charge in [-0.2, -0.15) is 5.26 Å². The summed E-state index contributed by atoms with van der Waals surface area (Å²) >= 11 is 0. The molecule has 2 heterocycles. The van der Waals surface area contributed by atoms with Gasteiger partial charge in [0.15, 0.2) is 6.10 Å². The number of hydrogen-bond acceptors (Lipinski definition) is 5. The van der Waals surface area contributed by atoms with Gasteiger partial charge in [-0.05, 0) is 0 Å². The zero-order valence-electron chi connectivity index (χ0n) is 10.2. The maximum absolute atomic E-state index is 12.2. The maximum atomic E-state index is 12.2. The van der Waals surface area contributed by atoms with Crippen LogP contribution >= 0.6 is 0 Å². The number of nitriles is 1. The average molecular weight is 269 g/mol. The first-order valence-electron chi connectivity index (χ1n) is 6.00. The Morgan fingerprint density at radius 2 is 2.11 bits per heavy atom. The van der Waals surface area contributed by atoms with Crippen LogP contribution < -0.4 is 0 Å². The van der Waals surface area contributed by atoms with Crippen LogP contribution in [0.3, 0.4) is 0 Å². The third-order valence-corrected chi connectivity index (χ3v) is 3.29. The van der Waals surface area contributed by atoms with E-state index < -0.39 is 30.3 Å². The van der Waals surface area contributed by atoms with Gasteiger partial charge in [-0.15, -0.1) is 0 Å². The smallest absolute Gasteiger partial charge is 0.326 e. The predicted molar refractivity (Wildman–Crippen MR) is 61.1 cm³/mol. The molecule has 0 radical (unpaired) electrons. The highest BCUT2D eigenvalue weighted by molar-refractivity contribution is 5.83. The molecule has 3 atom stereocenters. The fourth-order valence-corrected chi connectivity index (χ4v) is 2.34. The highest BCUT2D eigenvalue weighted by Gasteiger charge is 2.41. The minimum absolute atomic E-state index is 0.00434. The van der Waals surface area contributed by atoms with Crippen molar-refractivity contribution in [2.24, 2.45) is 0 Å². The first-order valence-corrected chi connectivity index (χ1v) is 6.00. The normalized spacial score (nSPS) is 31.1. The lowest BCUT2D eigenvalue weighted by molar-refractivity contribution is -0.141. The number of amides is 2. The fraction of sp³-hybridized carbons (Fsp3) is 0.727. The number of carboxylic acids is 1. The van der Waals surface area contributed by atoms with E-state index in [0.29, 0.717) is 6.54 Å². The van der Waals surface area contributed by atoms with Gasteiger partial charge in [-0.3, -0.25) is 0 Å². The molecule has 2 fully saturated rings. The zero-order chi connectivity index (χ0) is 14.0. The average Bonchev–Trinajstić information content (AvgIpc) is 2.80. The summed E-state index contributed by atoms with van der Waals surface area (Å²) in [5, 5.41) is 27.3. The Morgan fingerprint density at radius 1 is 1.37 bits per heavy atom. The molecule has 0 aromatic rings. The Bertz CT molecular complexity index is 421. The van der Waals surface area contributed by atoms with Gasteiger partial charge < -0.3 is 24.7 Å². The van der Waals surface area contributed by atoms with E-state index in [1.54, 1.807) is 0 Å². The van der Waals surface area contributed by atoms with Crippen molar-refractivity contribution < 1.29 is 24.5 Å². The Labute approximate surface area is 109 Å². The number of rotatable bonds is 1. The molecule has 104 valence electrons. The van der Waals surface area contributed by atoms with Crippen LogP contribution in [0.5, 0.6) is 0 Å². The van der Waals surface area contributed by atoms with Crippen molar-refractivity contribution in [3.63, 3.8) is 0 Å². The number of carbonyl (C=O) groups excluding carboxylic acids is 1. The van der Waals surface area contributed by atoms with E-state index in [0.717, 1.165) is 4.90 Å². The van der Waals surface area contributed by atoms with Crippen molar-refractivity contribution >= 4 is 12.0 Å². The van der Waals surface area contributed by atoms with Crippen LogP contribution in [0.4, 0.5) is 4.79 Å². The number of aliphatic hydroxyl groups is 1. The van der Waals surface area contributed by atoms with Gasteiger partial charge >= 0.3 is 12.0 Å². The number of likely N-dealkylation sites (tertiary alicyclic amines) is 1. The number of carbonyl (C=O) groups is 2. The summed E-state index contributed by atoms with van der Waals surface area (Å²) in [4.78, 5) is 25.8. The van der Waals surface area contributed by atoms with Crippen LogP contribution in [0.1, 0.15) is 6.42 Å². The van der Waals surface area contributed by atoms with Gasteiger partial charge in [0.2, 0.25) is 0 Å². The summed E-state index contributed by atoms with van der Waals surface area (Å²) in [6.45, 7) is 0.687. The van der Waals surface area contributed by atoms with E-state index in [9.17, 15) is 14.7 Å². The summed E-state index contributed by atoms with van der Waals surface area (Å²) in [5.41, 5.74) is 0. The van der Waals surface area contributed by atoms with Crippen molar-refractivity contribution in [2.75, 3.05) is 26.2 Å². The standard InChI is InChI=1S/C11H15N3O5/c12-4-8-6-13(1-2-19-8)11(18)14-5-7(15)3-9(14)10(16)17/h7-9,15H,1-3,5-6H2,(H,16,17)/t7-,8?,9-/m0/s1. The van der Waals surface area contributed by atoms with Gasteiger partial charge in [-0.25, -0.2) is 9.59 Å². The number of carboxylic acid groups (broad SMARTS) is 1. The molecular formula is C11H15N3O5. The van der Waals surface area contributed by atoms with Crippen molar-refractivity contribution in [3.8, 4) is 6.07 Å². The summed E-state index contributed by atoms with van der Waals surface area (Å²) in [6, 6.07) is 0.448. The molecule has 2 aliphatic rings. The van der Waals surface area contributed by atoms with Gasteiger partial charge in [-0.1, -0.05) is 0 Å². The molecule has 2 amide bonds. The summed E-state index contributed by atoms with van der Waals surface area (Å²) in [5.74, 6) is -1.13. The lowest BCUT2D eigenvalue weighted by Crippen LogP contribution is -2.53. The molecule has 0 aromatic heterocycles. The van der Waals surface area contributed by atoms with Gasteiger partial charge in [0, 0.05) is 19.5 Å². The molecule has 2 aliphatic heterocycles. The number of morpholine rings is 1. The molecule has 19 heavy (non-hydrogen) atoms. The lowest BCUT2D eigenvalue weighted by Gasteiger charge is -2.34. The molecule has 8 heteroatoms. The van der Waals surface area contributed by atoms with Gasteiger partial charge in [0.05, 0.1) is 25.3 Å². The van der Waals surface area contributed by atoms with Crippen LogP contribution in [0.15, 0.2) is 0 Å². The highest BCUT2D eigenvalue weighted by atomic mass is 16.5. The largest absolute Gasteiger partial charge is 0.480 e. The first-order chi connectivity index (χ1) is 9.02. The molecule has 0 saturated carbocycles. The Morgan fingerprint density at radius 3 is 2.74 bits per heavy atom. The first kappa shape index (κ1) is 13.6. The molecular weight excluding hydrogens is 254 g/mol. The topological polar surface area (TPSA) is 114 Å². The number of aliphatic hydroxyl groups excluding tert-OH is 1. The van der Waals surface area contributed by atoms with Crippen LogP contribution in [0, 0.1) is 11.3 Å². The molecule has 0 aromatic carbocycles. The highest BCUT2D eigenvalue weighted by Crippen LogP contribution is 2.21. The second-order valence-corrected chi connectivity index (χ2v) is 4.61. The van der Waals surface area contributed by atoms with Crippen molar-refractivity contribution in [1.82, 2.24) is 9.80 Å². The van der Waals surface area contributed by atoms with E-state index >= 15 is 0 Å². The van der Waals surface area contributed by atoms with E-state index in [2.05, 4.69) is 0 Å². The fourth-order valence-electron chi connectivity index (χ4n) is 2.34. The number of β-amino-alcohol motifs (C(OH)–C–C–N with tert-alkyl or cyclic N) is 1. The van der Waals surface area contributed by atoms with Gasteiger partial charge in [0.1, 0.15) is 6.04 Å². The Balaban J connectivity index is 2.06. The quantitative estimate of drug-likeness (QED) is 0.621. The van der Waals surface area contributed by atoms with E-state index in [1.807, 2.05) is 6.07 Å². The second kappa shape index (κ2) is 5.42.